The molecule has 0 spiro atoms. The molecule has 2 unspecified atom stereocenters. The summed E-state index contributed by atoms with van der Waals surface area (Å²) in [6.45, 7) is 5.67. The van der Waals surface area contributed by atoms with Gasteiger partial charge < -0.3 is 15.6 Å². The van der Waals surface area contributed by atoms with E-state index < -0.39 is 0 Å². The summed E-state index contributed by atoms with van der Waals surface area (Å²) in [6.07, 6.45) is 19.9. The highest BCUT2D eigenvalue weighted by Crippen LogP contribution is 2.14. The first-order valence-corrected chi connectivity index (χ1v) is 10.8. The summed E-state index contributed by atoms with van der Waals surface area (Å²) in [5.41, 5.74) is 5.73. The number of unbranched alkanes of at least 4 members (excludes halogenated alkanes) is 13. The maximum atomic E-state index is 12.2. The average Bonchev–Trinajstić information content (AvgIpc) is 2.53. The Labute approximate surface area is 152 Å². The molecule has 0 heterocycles. The van der Waals surface area contributed by atoms with E-state index in [0.717, 1.165) is 19.4 Å². The third-order valence-electron chi connectivity index (χ3n) is 5.04. The van der Waals surface area contributed by atoms with E-state index in [-0.39, 0.29) is 10.7 Å². The molecular formula is C21H46N2O. The topological polar surface area (TPSA) is 49.1 Å². The first-order valence-electron chi connectivity index (χ1n) is 10.8. The van der Waals surface area contributed by atoms with E-state index in [1.54, 1.807) is 7.05 Å². The van der Waals surface area contributed by atoms with Crippen LogP contribution in [0, 0.1) is 5.21 Å². The summed E-state index contributed by atoms with van der Waals surface area (Å²) >= 11 is 0. The predicted molar refractivity (Wildman–Crippen MR) is 108 cm³/mol. The zero-order chi connectivity index (χ0) is 18.1. The molecule has 24 heavy (non-hydrogen) atoms. The van der Waals surface area contributed by atoms with Crippen LogP contribution in [0.5, 0.6) is 0 Å². The van der Waals surface area contributed by atoms with Crippen molar-refractivity contribution in [2.75, 3.05) is 20.1 Å². The summed E-state index contributed by atoms with van der Waals surface area (Å²) in [5, 5.41) is 12.2. The summed E-state index contributed by atoms with van der Waals surface area (Å²) in [4.78, 5) is 0. The van der Waals surface area contributed by atoms with Crippen LogP contribution >= 0.6 is 0 Å². The van der Waals surface area contributed by atoms with Gasteiger partial charge in [0.2, 0.25) is 0 Å². The van der Waals surface area contributed by atoms with Gasteiger partial charge in [-0.15, -0.1) is 0 Å². The molecule has 0 aromatic carbocycles. The summed E-state index contributed by atoms with van der Waals surface area (Å²) < 4.78 is -0.111. The molecule has 0 amide bonds. The van der Waals surface area contributed by atoms with Crippen molar-refractivity contribution in [1.29, 1.82) is 0 Å². The lowest BCUT2D eigenvalue weighted by atomic mass is 10.0. The average molecular weight is 343 g/mol. The van der Waals surface area contributed by atoms with Crippen LogP contribution in [0.3, 0.4) is 0 Å². The van der Waals surface area contributed by atoms with Crippen LogP contribution in [-0.2, 0) is 0 Å². The van der Waals surface area contributed by atoms with Crippen LogP contribution in [0.2, 0.25) is 0 Å². The molecule has 0 fully saturated rings. The van der Waals surface area contributed by atoms with Crippen molar-refractivity contribution in [1.82, 2.24) is 0 Å². The fraction of sp³-hybridized carbons (Fsp3) is 1.00. The van der Waals surface area contributed by atoms with Gasteiger partial charge in [-0.1, -0.05) is 84.0 Å². The number of hydrogen-bond donors (Lipinski definition) is 1. The molecule has 0 saturated carbocycles. The van der Waals surface area contributed by atoms with Crippen molar-refractivity contribution in [2.24, 2.45) is 5.73 Å². The second kappa shape index (κ2) is 16.4. The molecule has 0 aromatic rings. The molecule has 0 aliphatic heterocycles. The summed E-state index contributed by atoms with van der Waals surface area (Å²) in [6, 6.07) is 0.146. The summed E-state index contributed by atoms with van der Waals surface area (Å²) in [7, 11) is 1.80. The Balaban J connectivity index is 3.22. The van der Waals surface area contributed by atoms with Gasteiger partial charge in [0, 0.05) is 12.5 Å². The molecule has 0 radical (unpaired) electrons. The second-order valence-corrected chi connectivity index (χ2v) is 8.11. The van der Waals surface area contributed by atoms with Crippen molar-refractivity contribution in [3.8, 4) is 0 Å². The minimum absolute atomic E-state index is 0.111. The number of rotatable bonds is 18. The van der Waals surface area contributed by atoms with Crippen molar-refractivity contribution in [2.45, 2.75) is 116 Å². The third-order valence-corrected chi connectivity index (χ3v) is 5.04. The van der Waals surface area contributed by atoms with Gasteiger partial charge >= 0.3 is 0 Å². The molecule has 0 aromatic heterocycles. The molecule has 0 rings (SSSR count). The molecule has 0 bridgehead atoms. The van der Waals surface area contributed by atoms with Crippen molar-refractivity contribution >= 4 is 0 Å². The zero-order valence-corrected chi connectivity index (χ0v) is 17.0. The molecule has 0 aliphatic rings. The lowest BCUT2D eigenvalue weighted by molar-refractivity contribution is -0.861. The zero-order valence-electron chi connectivity index (χ0n) is 17.0. The Hall–Kier alpha value is -0.120. The fourth-order valence-electron chi connectivity index (χ4n) is 3.23. The van der Waals surface area contributed by atoms with Crippen LogP contribution in [0.1, 0.15) is 110 Å². The SMILES string of the molecule is CCCCCCCCCCCCCCCC[N+](C)([O-])CCC(C)N. The highest BCUT2D eigenvalue weighted by atomic mass is 16.5. The Kier molecular flexibility index (Phi) is 16.3. The van der Waals surface area contributed by atoms with Gasteiger partial charge in [-0.3, -0.25) is 0 Å². The van der Waals surface area contributed by atoms with Gasteiger partial charge in [0.15, 0.2) is 0 Å². The van der Waals surface area contributed by atoms with Crippen LogP contribution in [-0.4, -0.2) is 30.8 Å². The quantitative estimate of drug-likeness (QED) is 0.184. The Morgan fingerprint density at radius 2 is 1.08 bits per heavy atom. The maximum absolute atomic E-state index is 12.2. The van der Waals surface area contributed by atoms with Gasteiger partial charge in [0.1, 0.15) is 0 Å². The van der Waals surface area contributed by atoms with E-state index in [4.69, 9.17) is 5.73 Å². The smallest absolute Gasteiger partial charge is 0.0796 e. The van der Waals surface area contributed by atoms with Gasteiger partial charge in [-0.05, 0) is 19.8 Å². The first-order chi connectivity index (χ1) is 11.5. The molecule has 3 nitrogen and oxygen atoms in total. The van der Waals surface area contributed by atoms with E-state index in [9.17, 15) is 5.21 Å². The molecule has 146 valence electrons. The second-order valence-electron chi connectivity index (χ2n) is 8.11. The molecule has 2 atom stereocenters. The number of nitrogens with zero attached hydrogens (tertiary/aromatic N) is 1. The predicted octanol–water partition coefficient (Wildman–Crippen LogP) is 6.15. The van der Waals surface area contributed by atoms with E-state index in [0.29, 0.717) is 6.54 Å². The summed E-state index contributed by atoms with van der Waals surface area (Å²) in [5.74, 6) is 0. The van der Waals surface area contributed by atoms with Gasteiger partial charge in [-0.2, -0.15) is 0 Å². The largest absolute Gasteiger partial charge is 0.633 e. The Bertz CT molecular complexity index is 254. The molecule has 2 N–H and O–H groups in total. The third kappa shape index (κ3) is 18.2. The fourth-order valence-corrected chi connectivity index (χ4v) is 3.23. The number of hydrogen-bond acceptors (Lipinski definition) is 2. The number of hydroxylamine groups is 3. The molecular weight excluding hydrogens is 296 g/mol. The minimum atomic E-state index is -0.111. The monoisotopic (exact) mass is 342 g/mol. The van der Waals surface area contributed by atoms with Crippen LogP contribution < -0.4 is 5.73 Å². The van der Waals surface area contributed by atoms with Crippen molar-refractivity contribution in [3.05, 3.63) is 5.21 Å². The standard InChI is InChI=1S/C21H46N2O/c1-4-5-6-7-8-9-10-11-12-13-14-15-16-17-19-23(3,24)20-18-21(2)22/h21H,4-20,22H2,1-3H3. The van der Waals surface area contributed by atoms with E-state index >= 15 is 0 Å². The Morgan fingerprint density at radius 1 is 0.708 bits per heavy atom. The van der Waals surface area contributed by atoms with E-state index in [1.807, 2.05) is 6.92 Å². The highest BCUT2D eigenvalue weighted by molar-refractivity contribution is 4.53. The van der Waals surface area contributed by atoms with Crippen LogP contribution in [0.4, 0.5) is 0 Å². The van der Waals surface area contributed by atoms with Crippen molar-refractivity contribution < 1.29 is 4.65 Å². The number of quaternary nitrogens is 1. The Morgan fingerprint density at radius 3 is 1.46 bits per heavy atom. The van der Waals surface area contributed by atoms with Gasteiger partial charge in [0.05, 0.1) is 20.1 Å². The van der Waals surface area contributed by atoms with Crippen LogP contribution in [0.25, 0.3) is 0 Å². The van der Waals surface area contributed by atoms with Crippen LogP contribution in [0.15, 0.2) is 0 Å². The maximum Gasteiger partial charge on any atom is 0.0796 e. The van der Waals surface area contributed by atoms with Gasteiger partial charge in [-0.25, -0.2) is 0 Å². The molecule has 3 heteroatoms. The highest BCUT2D eigenvalue weighted by Gasteiger charge is 2.10. The first kappa shape index (κ1) is 23.9. The van der Waals surface area contributed by atoms with Crippen molar-refractivity contribution in [3.63, 3.8) is 0 Å². The number of nitrogens with two attached hydrogens (primary N) is 1. The normalized spacial score (nSPS) is 15.4. The molecule has 0 aliphatic carbocycles. The van der Waals surface area contributed by atoms with E-state index in [1.165, 1.54) is 83.5 Å². The van der Waals surface area contributed by atoms with E-state index in [2.05, 4.69) is 6.92 Å². The van der Waals surface area contributed by atoms with Gasteiger partial charge in [0.25, 0.3) is 0 Å². The minimum Gasteiger partial charge on any atom is -0.633 e. The lowest BCUT2D eigenvalue weighted by Gasteiger charge is -2.39. The lowest BCUT2D eigenvalue weighted by Crippen LogP contribution is -2.41. The molecule has 0 saturated heterocycles.